The Balaban J connectivity index is 1.87. The average Bonchev–Trinajstić information content (AvgIpc) is 3.17. The maximum absolute atomic E-state index is 13.7. The summed E-state index contributed by atoms with van der Waals surface area (Å²) in [5.41, 5.74) is 1.25. The summed E-state index contributed by atoms with van der Waals surface area (Å²) in [6.45, 7) is 7.77. The predicted molar refractivity (Wildman–Crippen MR) is 133 cm³/mol. The van der Waals surface area contributed by atoms with Crippen LogP contribution in [0.5, 0.6) is 17.2 Å². The van der Waals surface area contributed by atoms with Gasteiger partial charge in [0.25, 0.3) is 5.91 Å². The smallest absolute Gasteiger partial charge is 0.290 e. The minimum Gasteiger partial charge on any atom is -0.493 e. The number of para-hydroxylation sites is 1. The number of amides is 1. The molecule has 1 amide bonds. The Bertz CT molecular complexity index is 1260. The molecule has 0 bridgehead atoms. The van der Waals surface area contributed by atoms with E-state index in [2.05, 4.69) is 13.8 Å². The van der Waals surface area contributed by atoms with Gasteiger partial charge in [-0.15, -0.1) is 0 Å². The van der Waals surface area contributed by atoms with Crippen molar-refractivity contribution in [2.45, 2.75) is 26.3 Å². The summed E-state index contributed by atoms with van der Waals surface area (Å²) >= 11 is 0. The van der Waals surface area contributed by atoms with Crippen molar-refractivity contribution in [3.8, 4) is 17.2 Å². The molecule has 1 N–H and O–H groups in total. The van der Waals surface area contributed by atoms with Gasteiger partial charge in [-0.2, -0.15) is 0 Å². The minimum absolute atomic E-state index is 0.0997. The maximum Gasteiger partial charge on any atom is 0.290 e. The second-order valence-corrected chi connectivity index (χ2v) is 8.59. The summed E-state index contributed by atoms with van der Waals surface area (Å²) in [6, 6.07) is 9.99. The van der Waals surface area contributed by atoms with Gasteiger partial charge in [0, 0.05) is 13.0 Å². The first kappa shape index (κ1) is 24.6. The van der Waals surface area contributed by atoms with Gasteiger partial charge in [-0.25, -0.2) is 0 Å². The van der Waals surface area contributed by atoms with Crippen LogP contribution in [0.3, 0.4) is 0 Å². The molecule has 8 nitrogen and oxygen atoms in total. The van der Waals surface area contributed by atoms with Crippen LogP contribution in [-0.4, -0.2) is 58.3 Å². The monoisotopic (exact) mass is 481 g/mol. The minimum atomic E-state index is -0.626. The molecular formula is C27H33N2O6+. The van der Waals surface area contributed by atoms with Gasteiger partial charge in [0.1, 0.15) is 5.58 Å². The van der Waals surface area contributed by atoms with Gasteiger partial charge in [-0.05, 0) is 43.7 Å². The summed E-state index contributed by atoms with van der Waals surface area (Å²) in [4.78, 5) is 30.5. The van der Waals surface area contributed by atoms with Crippen LogP contribution in [0.1, 0.15) is 48.0 Å². The quantitative estimate of drug-likeness (QED) is 0.480. The Labute approximate surface area is 205 Å². The van der Waals surface area contributed by atoms with Gasteiger partial charge in [0.15, 0.2) is 16.9 Å². The van der Waals surface area contributed by atoms with Crippen LogP contribution >= 0.6 is 0 Å². The number of quaternary nitrogens is 1. The van der Waals surface area contributed by atoms with Crippen molar-refractivity contribution in [3.63, 3.8) is 0 Å². The van der Waals surface area contributed by atoms with Gasteiger partial charge in [0.05, 0.1) is 58.0 Å². The van der Waals surface area contributed by atoms with Crippen molar-refractivity contribution < 1.29 is 28.3 Å². The third-order valence-corrected chi connectivity index (χ3v) is 6.81. The van der Waals surface area contributed by atoms with Crippen molar-refractivity contribution in [3.05, 3.63) is 63.5 Å². The molecule has 186 valence electrons. The summed E-state index contributed by atoms with van der Waals surface area (Å²) in [6.07, 6.45) is 0.797. The zero-order chi connectivity index (χ0) is 25.1. The molecule has 1 atom stereocenters. The molecule has 0 spiro atoms. The van der Waals surface area contributed by atoms with E-state index in [9.17, 15) is 9.59 Å². The first-order valence-electron chi connectivity index (χ1n) is 12.0. The van der Waals surface area contributed by atoms with Crippen molar-refractivity contribution in [1.82, 2.24) is 4.90 Å². The number of hydrogen-bond acceptors (Lipinski definition) is 6. The van der Waals surface area contributed by atoms with Crippen molar-refractivity contribution >= 4 is 16.9 Å². The third-order valence-electron chi connectivity index (χ3n) is 6.81. The van der Waals surface area contributed by atoms with Crippen LogP contribution in [0.25, 0.3) is 11.0 Å². The van der Waals surface area contributed by atoms with E-state index in [1.807, 2.05) is 0 Å². The molecule has 1 aliphatic rings. The van der Waals surface area contributed by atoms with Crippen molar-refractivity contribution in [2.24, 2.45) is 0 Å². The van der Waals surface area contributed by atoms with E-state index >= 15 is 0 Å². The van der Waals surface area contributed by atoms with Crippen LogP contribution in [0.4, 0.5) is 0 Å². The van der Waals surface area contributed by atoms with E-state index in [4.69, 9.17) is 18.6 Å². The number of carbonyl (C=O) groups is 1. The van der Waals surface area contributed by atoms with Gasteiger partial charge >= 0.3 is 0 Å². The van der Waals surface area contributed by atoms with E-state index < -0.39 is 6.04 Å². The molecule has 4 rings (SSSR count). The van der Waals surface area contributed by atoms with E-state index in [1.54, 1.807) is 55.5 Å². The van der Waals surface area contributed by atoms with Gasteiger partial charge in [0.2, 0.25) is 11.5 Å². The van der Waals surface area contributed by atoms with Crippen molar-refractivity contribution in [2.75, 3.05) is 47.5 Å². The predicted octanol–water partition coefficient (Wildman–Crippen LogP) is 2.68. The number of benzene rings is 2. The third kappa shape index (κ3) is 4.34. The highest BCUT2D eigenvalue weighted by molar-refractivity contribution is 5.99. The highest BCUT2D eigenvalue weighted by Gasteiger charge is 2.43. The number of fused-ring (bicyclic) bond motifs is 2. The van der Waals surface area contributed by atoms with E-state index in [0.717, 1.165) is 26.1 Å². The first-order chi connectivity index (χ1) is 17.0. The number of hydrogen-bond donors (Lipinski definition) is 1. The van der Waals surface area contributed by atoms with Crippen molar-refractivity contribution in [1.29, 1.82) is 0 Å². The van der Waals surface area contributed by atoms with E-state index in [-0.39, 0.29) is 17.1 Å². The Morgan fingerprint density at radius 2 is 1.63 bits per heavy atom. The molecule has 0 fully saturated rings. The fourth-order valence-electron chi connectivity index (χ4n) is 4.91. The molecule has 3 aromatic rings. The molecule has 0 radical (unpaired) electrons. The molecule has 1 aromatic heterocycles. The molecule has 35 heavy (non-hydrogen) atoms. The molecule has 0 saturated carbocycles. The topological polar surface area (TPSA) is 82.7 Å². The summed E-state index contributed by atoms with van der Waals surface area (Å²) in [7, 11) is 4.62. The SMILES string of the molecule is CC[NH+](CC)CCCN1C(=O)c2oc3ccccc3c(=O)c2[C@@H]1c1cc(OC)c(OC)c(OC)c1. The number of rotatable bonds is 10. The second-order valence-electron chi connectivity index (χ2n) is 8.59. The number of nitrogens with zero attached hydrogens (tertiary/aromatic N) is 1. The zero-order valence-corrected chi connectivity index (χ0v) is 21.0. The number of carbonyl (C=O) groups excluding carboxylic acids is 1. The lowest BCUT2D eigenvalue weighted by Crippen LogP contribution is -3.11. The Kier molecular flexibility index (Phi) is 7.31. The van der Waals surface area contributed by atoms with Gasteiger partial charge in [-0.3, -0.25) is 9.59 Å². The Morgan fingerprint density at radius 3 is 2.23 bits per heavy atom. The lowest BCUT2D eigenvalue weighted by molar-refractivity contribution is -0.896. The van der Waals surface area contributed by atoms with Crippen LogP contribution < -0.4 is 24.5 Å². The standard InChI is InChI=1S/C27H32N2O6/c1-6-28(7-2)13-10-14-29-23(17-15-20(32-3)25(34-5)21(16-17)33-4)22-24(30)18-11-8-9-12-19(18)35-26(22)27(29)31/h8-9,11-12,15-16,23H,6-7,10,13-14H2,1-5H3/p+1/t23-/m0/s1. The first-order valence-corrected chi connectivity index (χ1v) is 12.0. The molecule has 1 aliphatic heterocycles. The van der Waals surface area contributed by atoms with Gasteiger partial charge < -0.3 is 28.4 Å². The van der Waals surface area contributed by atoms with E-state index in [1.165, 1.54) is 12.0 Å². The normalized spacial score (nSPS) is 15.1. The molecule has 0 saturated heterocycles. The molecule has 2 aromatic carbocycles. The number of nitrogens with one attached hydrogen (secondary N) is 1. The molecule has 8 heteroatoms. The van der Waals surface area contributed by atoms with Crippen LogP contribution in [-0.2, 0) is 0 Å². The average molecular weight is 482 g/mol. The van der Waals surface area contributed by atoms with Gasteiger partial charge in [-0.1, -0.05) is 12.1 Å². The highest BCUT2D eigenvalue weighted by atomic mass is 16.5. The number of ether oxygens (including phenoxy) is 3. The largest absolute Gasteiger partial charge is 0.493 e. The zero-order valence-electron chi connectivity index (χ0n) is 21.0. The van der Waals surface area contributed by atoms with E-state index in [0.29, 0.717) is 45.9 Å². The summed E-state index contributed by atoms with van der Waals surface area (Å²) < 4.78 is 22.6. The van der Waals surface area contributed by atoms with Crippen LogP contribution in [0, 0.1) is 0 Å². The second kappa shape index (κ2) is 10.4. The number of methoxy groups -OCH3 is 3. The Morgan fingerprint density at radius 1 is 0.971 bits per heavy atom. The summed E-state index contributed by atoms with van der Waals surface area (Å²) in [5.74, 6) is 1.19. The molecule has 2 heterocycles. The lowest BCUT2D eigenvalue weighted by atomic mass is 9.97. The fourth-order valence-corrected chi connectivity index (χ4v) is 4.91. The summed E-state index contributed by atoms with van der Waals surface area (Å²) in [5, 5.41) is 0.450. The van der Waals surface area contributed by atoms with Crippen LogP contribution in [0.15, 0.2) is 45.6 Å². The molecular weight excluding hydrogens is 448 g/mol. The van der Waals surface area contributed by atoms with Crippen LogP contribution in [0.2, 0.25) is 0 Å². The maximum atomic E-state index is 13.7. The fraction of sp³-hybridized carbons (Fsp3) is 0.407. The molecule has 0 unspecified atom stereocenters. The Hall–Kier alpha value is -3.52. The molecule has 0 aliphatic carbocycles. The lowest BCUT2D eigenvalue weighted by Gasteiger charge is -2.27. The highest BCUT2D eigenvalue weighted by Crippen LogP contribution is 2.45.